The molecule has 0 radical (unpaired) electrons. The van der Waals surface area contributed by atoms with Crippen LogP contribution in [0, 0.1) is 0 Å². The largest absolute Gasteiger partial charge is 0.476 e. The van der Waals surface area contributed by atoms with Gasteiger partial charge in [-0.25, -0.2) is 17.9 Å². The highest BCUT2D eigenvalue weighted by molar-refractivity contribution is 7.89. The minimum atomic E-state index is -3.27. The molecule has 1 aromatic heterocycles. The van der Waals surface area contributed by atoms with Gasteiger partial charge in [-0.15, -0.1) is 5.10 Å². The van der Waals surface area contributed by atoms with Crippen molar-refractivity contribution in [1.82, 2.24) is 19.3 Å². The first-order chi connectivity index (χ1) is 9.44. The zero-order valence-electron chi connectivity index (χ0n) is 11.0. The number of aromatic nitrogens is 3. The topological polar surface area (TPSA) is 115 Å². The molecule has 10 heteroatoms. The summed E-state index contributed by atoms with van der Waals surface area (Å²) in [6.45, 7) is 0.983. The van der Waals surface area contributed by atoms with Crippen molar-refractivity contribution in [3.05, 3.63) is 11.9 Å². The molecule has 0 spiro atoms. The number of carbonyl (C=O) groups is 1. The first-order valence-electron chi connectivity index (χ1n) is 6.06. The van der Waals surface area contributed by atoms with Gasteiger partial charge in [-0.3, -0.25) is 0 Å². The van der Waals surface area contributed by atoms with E-state index in [-0.39, 0.29) is 30.6 Å². The number of carboxylic acid groups (broad SMARTS) is 1. The van der Waals surface area contributed by atoms with Crippen LogP contribution in [0.25, 0.3) is 0 Å². The highest BCUT2D eigenvalue weighted by atomic mass is 32.2. The van der Waals surface area contributed by atoms with Crippen molar-refractivity contribution in [2.45, 2.75) is 12.5 Å². The molecular weight excluding hydrogens is 288 g/mol. The molecule has 112 valence electrons. The van der Waals surface area contributed by atoms with Gasteiger partial charge in [0.05, 0.1) is 18.0 Å². The maximum absolute atomic E-state index is 11.9. The van der Waals surface area contributed by atoms with Crippen LogP contribution < -0.4 is 0 Å². The lowest BCUT2D eigenvalue weighted by molar-refractivity contribution is 0.0690. The maximum atomic E-state index is 11.9. The fraction of sp³-hybridized carbons (Fsp3) is 0.700. The minimum Gasteiger partial charge on any atom is -0.476 e. The summed E-state index contributed by atoms with van der Waals surface area (Å²) in [5.74, 6) is -1.11. The maximum Gasteiger partial charge on any atom is 0.358 e. The summed E-state index contributed by atoms with van der Waals surface area (Å²) in [5, 5.41) is 15.9. The van der Waals surface area contributed by atoms with Gasteiger partial charge in [-0.2, -0.15) is 4.31 Å². The molecule has 1 N–H and O–H groups in total. The number of methoxy groups -OCH3 is 1. The fourth-order valence-corrected chi connectivity index (χ4v) is 3.42. The standard InChI is InChI=1S/C10H16N4O5S/c1-19-3-2-4-20(17,18)13-5-8(6-13)14-7-9(10(15)16)11-12-14/h7-8H,2-6H2,1H3,(H,15,16). The number of carboxylic acids is 1. The van der Waals surface area contributed by atoms with Crippen LogP contribution in [0.2, 0.25) is 0 Å². The monoisotopic (exact) mass is 304 g/mol. The van der Waals surface area contributed by atoms with Crippen molar-refractivity contribution in [2.24, 2.45) is 0 Å². The molecule has 2 heterocycles. The van der Waals surface area contributed by atoms with Crippen LogP contribution in [0.4, 0.5) is 0 Å². The van der Waals surface area contributed by atoms with E-state index < -0.39 is 16.0 Å². The second-order valence-corrected chi connectivity index (χ2v) is 6.61. The van der Waals surface area contributed by atoms with E-state index in [9.17, 15) is 13.2 Å². The molecule has 1 aliphatic rings. The summed E-state index contributed by atoms with van der Waals surface area (Å²) in [6.07, 6.45) is 1.76. The Labute approximate surface area is 116 Å². The second kappa shape index (κ2) is 5.85. The van der Waals surface area contributed by atoms with Crippen molar-refractivity contribution in [3.63, 3.8) is 0 Å². The zero-order valence-corrected chi connectivity index (χ0v) is 11.8. The Hall–Kier alpha value is -1.52. The molecule has 2 rings (SSSR count). The second-order valence-electron chi connectivity index (χ2n) is 4.52. The molecule has 0 atom stereocenters. The highest BCUT2D eigenvalue weighted by Crippen LogP contribution is 2.24. The lowest BCUT2D eigenvalue weighted by Gasteiger charge is -2.37. The summed E-state index contributed by atoms with van der Waals surface area (Å²) in [5.41, 5.74) is -0.147. The van der Waals surface area contributed by atoms with Crippen LogP contribution in [-0.2, 0) is 14.8 Å². The molecule has 1 fully saturated rings. The Kier molecular flexibility index (Phi) is 4.35. The zero-order chi connectivity index (χ0) is 14.8. The average molecular weight is 304 g/mol. The van der Waals surface area contributed by atoms with E-state index in [1.807, 2.05) is 0 Å². The van der Waals surface area contributed by atoms with Crippen LogP contribution in [0.15, 0.2) is 6.20 Å². The Bertz CT molecular complexity index is 578. The minimum absolute atomic E-state index is 0.0469. The van der Waals surface area contributed by atoms with E-state index in [0.717, 1.165) is 0 Å². The van der Waals surface area contributed by atoms with Gasteiger partial charge in [0.15, 0.2) is 5.69 Å². The third-order valence-electron chi connectivity index (χ3n) is 3.08. The van der Waals surface area contributed by atoms with Crippen LogP contribution in [-0.4, -0.2) is 71.4 Å². The predicted octanol–water partition coefficient (Wildman–Crippen LogP) is -0.801. The SMILES string of the molecule is COCCCS(=O)(=O)N1CC(n2cc(C(=O)O)nn2)C1. The smallest absolute Gasteiger partial charge is 0.358 e. The summed E-state index contributed by atoms with van der Waals surface area (Å²) < 4.78 is 31.4. The van der Waals surface area contributed by atoms with Gasteiger partial charge in [0, 0.05) is 26.8 Å². The van der Waals surface area contributed by atoms with E-state index in [2.05, 4.69) is 10.3 Å². The molecule has 0 bridgehead atoms. The van der Waals surface area contributed by atoms with Crippen LogP contribution in [0.5, 0.6) is 0 Å². The van der Waals surface area contributed by atoms with Crippen LogP contribution >= 0.6 is 0 Å². The van der Waals surface area contributed by atoms with Crippen molar-refractivity contribution >= 4 is 16.0 Å². The molecule has 9 nitrogen and oxygen atoms in total. The molecule has 0 aliphatic carbocycles. The van der Waals surface area contributed by atoms with Gasteiger partial charge in [0.1, 0.15) is 0 Å². The van der Waals surface area contributed by atoms with Gasteiger partial charge in [-0.1, -0.05) is 5.21 Å². The lowest BCUT2D eigenvalue weighted by Crippen LogP contribution is -2.51. The quantitative estimate of drug-likeness (QED) is 0.656. The van der Waals surface area contributed by atoms with E-state index in [1.54, 1.807) is 0 Å². The highest BCUT2D eigenvalue weighted by Gasteiger charge is 2.37. The summed E-state index contributed by atoms with van der Waals surface area (Å²) in [4.78, 5) is 10.7. The molecule has 1 saturated heterocycles. The summed E-state index contributed by atoms with van der Waals surface area (Å²) in [6, 6.07) is -0.159. The number of hydrogen-bond donors (Lipinski definition) is 1. The number of rotatable bonds is 7. The number of hydrogen-bond acceptors (Lipinski definition) is 6. The lowest BCUT2D eigenvalue weighted by atomic mass is 10.2. The van der Waals surface area contributed by atoms with Crippen molar-refractivity contribution in [1.29, 1.82) is 0 Å². The average Bonchev–Trinajstić information content (AvgIpc) is 2.76. The van der Waals surface area contributed by atoms with E-state index in [4.69, 9.17) is 9.84 Å². The molecule has 1 aliphatic heterocycles. The molecular formula is C10H16N4O5S. The van der Waals surface area contributed by atoms with Crippen molar-refractivity contribution < 1.29 is 23.1 Å². The number of ether oxygens (including phenoxy) is 1. The normalized spacial score (nSPS) is 17.1. The third kappa shape index (κ3) is 3.14. The number of sulfonamides is 1. The molecule has 0 aromatic carbocycles. The van der Waals surface area contributed by atoms with Gasteiger partial charge < -0.3 is 9.84 Å². The van der Waals surface area contributed by atoms with Crippen molar-refractivity contribution in [2.75, 3.05) is 32.6 Å². The number of nitrogens with zero attached hydrogens (tertiary/aromatic N) is 4. The van der Waals surface area contributed by atoms with E-state index in [0.29, 0.717) is 13.0 Å². The van der Waals surface area contributed by atoms with Gasteiger partial charge in [0.2, 0.25) is 10.0 Å². The van der Waals surface area contributed by atoms with Gasteiger partial charge >= 0.3 is 5.97 Å². The first-order valence-corrected chi connectivity index (χ1v) is 7.67. The van der Waals surface area contributed by atoms with E-state index >= 15 is 0 Å². The van der Waals surface area contributed by atoms with Crippen LogP contribution in [0.3, 0.4) is 0 Å². The van der Waals surface area contributed by atoms with Crippen molar-refractivity contribution in [3.8, 4) is 0 Å². The Morgan fingerprint density at radius 2 is 2.25 bits per heavy atom. The molecule has 0 saturated carbocycles. The first kappa shape index (κ1) is 14.9. The van der Waals surface area contributed by atoms with Crippen LogP contribution in [0.1, 0.15) is 23.0 Å². The third-order valence-corrected chi connectivity index (χ3v) is 4.97. The molecule has 1 aromatic rings. The Morgan fingerprint density at radius 1 is 1.55 bits per heavy atom. The predicted molar refractivity (Wildman–Crippen MR) is 67.9 cm³/mol. The van der Waals surface area contributed by atoms with Gasteiger partial charge in [-0.05, 0) is 6.42 Å². The fourth-order valence-electron chi connectivity index (χ4n) is 1.88. The molecule has 0 amide bonds. The van der Waals surface area contributed by atoms with E-state index in [1.165, 1.54) is 22.3 Å². The summed E-state index contributed by atoms with van der Waals surface area (Å²) >= 11 is 0. The molecule has 0 unspecified atom stereocenters. The van der Waals surface area contributed by atoms with Gasteiger partial charge in [0.25, 0.3) is 0 Å². The molecule has 20 heavy (non-hydrogen) atoms. The number of aromatic carboxylic acids is 1. The Morgan fingerprint density at radius 3 is 2.80 bits per heavy atom. The summed E-state index contributed by atoms with van der Waals surface area (Å²) in [7, 11) is -1.75. The Balaban J connectivity index is 1.88.